The highest BCUT2D eigenvalue weighted by molar-refractivity contribution is 5.94. The zero-order chi connectivity index (χ0) is 22.1. The van der Waals surface area contributed by atoms with E-state index in [1.807, 2.05) is 24.3 Å². The average Bonchev–Trinajstić information content (AvgIpc) is 3.31. The van der Waals surface area contributed by atoms with Crippen molar-refractivity contribution in [2.45, 2.75) is 52.2 Å². The Hall–Kier alpha value is -2.86. The minimum absolute atomic E-state index is 0.0710. The Morgan fingerprint density at radius 2 is 2.03 bits per heavy atom. The number of amides is 1. The van der Waals surface area contributed by atoms with Crippen molar-refractivity contribution in [1.82, 2.24) is 10.6 Å². The number of nitrogens with zero attached hydrogens (tertiary/aromatic N) is 1. The number of hydrogen-bond acceptors (Lipinski definition) is 3. The van der Waals surface area contributed by atoms with Crippen molar-refractivity contribution in [1.29, 1.82) is 0 Å². The van der Waals surface area contributed by atoms with Crippen LogP contribution in [0.5, 0.6) is 0 Å². The van der Waals surface area contributed by atoms with E-state index >= 15 is 0 Å². The van der Waals surface area contributed by atoms with Gasteiger partial charge in [-0.1, -0.05) is 48.9 Å². The molecule has 0 aromatic heterocycles. The van der Waals surface area contributed by atoms with Gasteiger partial charge >= 0.3 is 0 Å². The molecule has 1 saturated heterocycles. The maximum absolute atomic E-state index is 12.3. The molecule has 1 aliphatic heterocycles. The number of benzene rings is 2. The monoisotopic (exact) mass is 422 g/mol. The van der Waals surface area contributed by atoms with Crippen molar-refractivity contribution in [3.63, 3.8) is 0 Å². The number of ether oxygens (including phenoxy) is 1. The van der Waals surface area contributed by atoms with Crippen molar-refractivity contribution in [2.24, 2.45) is 4.99 Å². The van der Waals surface area contributed by atoms with E-state index < -0.39 is 0 Å². The molecule has 0 spiro atoms. The first kappa shape index (κ1) is 22.8. The van der Waals surface area contributed by atoms with E-state index in [0.29, 0.717) is 19.1 Å². The first-order valence-corrected chi connectivity index (χ1v) is 11.2. The number of hydrogen-bond donors (Lipinski definition) is 3. The van der Waals surface area contributed by atoms with Crippen molar-refractivity contribution in [3.05, 3.63) is 65.2 Å². The third-order valence-corrected chi connectivity index (χ3v) is 5.37. The molecule has 0 bridgehead atoms. The Kier molecular flexibility index (Phi) is 8.47. The lowest BCUT2D eigenvalue weighted by atomic mass is 9.99. The van der Waals surface area contributed by atoms with Crippen LogP contribution in [0.4, 0.5) is 5.69 Å². The molecule has 0 aliphatic carbocycles. The van der Waals surface area contributed by atoms with Crippen LogP contribution in [-0.4, -0.2) is 37.7 Å². The maximum Gasteiger partial charge on any atom is 0.253 e. The number of carbonyl (C=O) groups is 1. The summed E-state index contributed by atoms with van der Waals surface area (Å²) in [6, 6.07) is 16.4. The molecule has 6 nitrogen and oxygen atoms in total. The SMILES string of the molecule is CCNC(=NCc1cccc(NC(=O)C2CCCO2)c1)NCC(C)c1cccc(C)c1. The van der Waals surface area contributed by atoms with E-state index in [2.05, 4.69) is 61.0 Å². The predicted molar refractivity (Wildman–Crippen MR) is 126 cm³/mol. The van der Waals surface area contributed by atoms with Gasteiger partial charge in [-0.05, 0) is 55.9 Å². The maximum atomic E-state index is 12.3. The van der Waals surface area contributed by atoms with Gasteiger partial charge in [0.2, 0.25) is 0 Å². The number of carbonyl (C=O) groups excluding carboxylic acids is 1. The van der Waals surface area contributed by atoms with Crippen LogP contribution in [-0.2, 0) is 16.1 Å². The molecule has 3 rings (SSSR count). The standard InChI is InChI=1S/C25H34N4O2/c1-4-26-25(27-16-19(3)21-10-5-8-18(2)14-21)28-17-20-9-6-11-22(15-20)29-24(30)23-12-7-13-31-23/h5-6,8-11,14-15,19,23H,4,7,12-13,16-17H2,1-3H3,(H,29,30)(H2,26,27,28). The summed E-state index contributed by atoms with van der Waals surface area (Å²) in [4.78, 5) is 17.0. The Morgan fingerprint density at radius 1 is 1.19 bits per heavy atom. The molecule has 0 radical (unpaired) electrons. The number of nitrogens with one attached hydrogen (secondary N) is 3. The van der Waals surface area contributed by atoms with Crippen LogP contribution in [0.1, 0.15) is 49.3 Å². The smallest absolute Gasteiger partial charge is 0.253 e. The third-order valence-electron chi connectivity index (χ3n) is 5.37. The van der Waals surface area contributed by atoms with Gasteiger partial charge in [0.1, 0.15) is 6.10 Å². The predicted octanol–water partition coefficient (Wildman–Crippen LogP) is 3.97. The number of guanidine groups is 1. The van der Waals surface area contributed by atoms with E-state index in [0.717, 1.165) is 43.1 Å². The summed E-state index contributed by atoms with van der Waals surface area (Å²) in [6.45, 7) is 9.17. The lowest BCUT2D eigenvalue weighted by molar-refractivity contribution is -0.124. The summed E-state index contributed by atoms with van der Waals surface area (Å²) in [5, 5.41) is 9.71. The molecule has 2 aromatic rings. The van der Waals surface area contributed by atoms with Crippen molar-refractivity contribution in [2.75, 3.05) is 25.0 Å². The van der Waals surface area contributed by atoms with Crippen LogP contribution in [0.25, 0.3) is 0 Å². The third kappa shape index (κ3) is 7.10. The molecule has 1 amide bonds. The summed E-state index contributed by atoms with van der Waals surface area (Å²) in [5.41, 5.74) is 4.41. The first-order chi connectivity index (χ1) is 15.0. The fraction of sp³-hybridized carbons (Fsp3) is 0.440. The molecule has 3 N–H and O–H groups in total. The van der Waals surface area contributed by atoms with Gasteiger partial charge in [0.05, 0.1) is 6.54 Å². The second-order valence-corrected chi connectivity index (χ2v) is 8.08. The van der Waals surface area contributed by atoms with E-state index in [-0.39, 0.29) is 12.0 Å². The molecule has 1 heterocycles. The normalized spacial score (nSPS) is 17.3. The molecule has 6 heteroatoms. The molecule has 166 valence electrons. The van der Waals surface area contributed by atoms with Gasteiger partial charge in [-0.25, -0.2) is 4.99 Å². The molecule has 0 saturated carbocycles. The summed E-state index contributed by atoms with van der Waals surface area (Å²) in [7, 11) is 0. The molecule has 31 heavy (non-hydrogen) atoms. The minimum Gasteiger partial charge on any atom is -0.368 e. The van der Waals surface area contributed by atoms with Gasteiger partial charge in [0.15, 0.2) is 5.96 Å². The Bertz CT molecular complexity index is 891. The first-order valence-electron chi connectivity index (χ1n) is 11.2. The fourth-order valence-corrected chi connectivity index (χ4v) is 3.61. The van der Waals surface area contributed by atoms with Crippen LogP contribution < -0.4 is 16.0 Å². The molecular formula is C25H34N4O2. The highest BCUT2D eigenvalue weighted by Gasteiger charge is 2.23. The largest absolute Gasteiger partial charge is 0.368 e. The van der Waals surface area contributed by atoms with Gasteiger partial charge in [-0.2, -0.15) is 0 Å². The summed E-state index contributed by atoms with van der Waals surface area (Å²) >= 11 is 0. The lowest BCUT2D eigenvalue weighted by Crippen LogP contribution is -2.39. The van der Waals surface area contributed by atoms with Gasteiger partial charge < -0.3 is 20.7 Å². The topological polar surface area (TPSA) is 74.8 Å². The molecule has 2 atom stereocenters. The fourth-order valence-electron chi connectivity index (χ4n) is 3.61. The molecule has 1 fully saturated rings. The molecule has 1 aliphatic rings. The van der Waals surface area contributed by atoms with E-state index in [4.69, 9.17) is 9.73 Å². The Balaban J connectivity index is 1.57. The van der Waals surface area contributed by atoms with Crippen LogP contribution in [0.3, 0.4) is 0 Å². The second kappa shape index (κ2) is 11.5. The number of aryl methyl sites for hydroxylation is 1. The molecular weight excluding hydrogens is 388 g/mol. The number of aliphatic imine (C=N–C) groups is 1. The quantitative estimate of drug-likeness (QED) is 0.444. The van der Waals surface area contributed by atoms with Crippen LogP contribution in [0, 0.1) is 6.92 Å². The zero-order valence-electron chi connectivity index (χ0n) is 18.8. The summed E-state index contributed by atoms with van der Waals surface area (Å²) in [6.07, 6.45) is 1.39. The van der Waals surface area contributed by atoms with Crippen LogP contribution in [0.15, 0.2) is 53.5 Å². The second-order valence-electron chi connectivity index (χ2n) is 8.08. The van der Waals surface area contributed by atoms with Crippen molar-refractivity contribution >= 4 is 17.6 Å². The Morgan fingerprint density at radius 3 is 2.77 bits per heavy atom. The van der Waals surface area contributed by atoms with E-state index in [1.54, 1.807) is 0 Å². The van der Waals surface area contributed by atoms with Crippen LogP contribution >= 0.6 is 0 Å². The van der Waals surface area contributed by atoms with Gasteiger partial charge in [0, 0.05) is 25.4 Å². The number of anilines is 1. The summed E-state index contributed by atoms with van der Waals surface area (Å²) < 4.78 is 5.46. The zero-order valence-corrected chi connectivity index (χ0v) is 18.8. The molecule has 2 aromatic carbocycles. The van der Waals surface area contributed by atoms with Crippen LogP contribution in [0.2, 0.25) is 0 Å². The molecule has 2 unspecified atom stereocenters. The van der Waals surface area contributed by atoms with Gasteiger partial charge in [-0.3, -0.25) is 4.79 Å². The highest BCUT2D eigenvalue weighted by Crippen LogP contribution is 2.17. The average molecular weight is 423 g/mol. The summed E-state index contributed by atoms with van der Waals surface area (Å²) in [5.74, 6) is 1.09. The van der Waals surface area contributed by atoms with Gasteiger partial charge in [-0.15, -0.1) is 0 Å². The lowest BCUT2D eigenvalue weighted by Gasteiger charge is -2.17. The number of rotatable bonds is 8. The van der Waals surface area contributed by atoms with Crippen molar-refractivity contribution in [3.8, 4) is 0 Å². The van der Waals surface area contributed by atoms with E-state index in [9.17, 15) is 4.79 Å². The highest BCUT2D eigenvalue weighted by atomic mass is 16.5. The van der Waals surface area contributed by atoms with E-state index in [1.165, 1.54) is 11.1 Å². The van der Waals surface area contributed by atoms with Crippen molar-refractivity contribution < 1.29 is 9.53 Å². The Labute approximate surface area is 185 Å². The van der Waals surface area contributed by atoms with Gasteiger partial charge in [0.25, 0.3) is 5.91 Å². The minimum atomic E-state index is -0.332.